The third-order valence-corrected chi connectivity index (χ3v) is 6.97. The van der Waals surface area contributed by atoms with Crippen molar-refractivity contribution in [2.45, 2.75) is 58.8 Å². The van der Waals surface area contributed by atoms with Crippen molar-refractivity contribution in [1.82, 2.24) is 9.13 Å². The van der Waals surface area contributed by atoms with Crippen molar-refractivity contribution in [2.75, 3.05) is 6.61 Å². The SMILES string of the molecule is Cc1ccc(Cn2ccc3c(-c4ccc5c(c4)CCCO5)c(C(OC(C)(C)C)C(=O)O)n(C)c(=O)c32)cc1. The second-order valence-corrected chi connectivity index (χ2v) is 11.0. The summed E-state index contributed by atoms with van der Waals surface area (Å²) in [6.07, 6.45) is 2.37. The van der Waals surface area contributed by atoms with E-state index >= 15 is 0 Å². The standard InChI is InChI=1S/C31H34N2O5/c1-19-8-10-20(11-9-19)18-33-15-14-23-25(22-12-13-24-21(17-22)7-6-16-37-24)27(32(5)29(34)26(23)33)28(30(35)36)38-31(2,3)4/h8-15,17,28H,6-7,16,18H2,1-5H3,(H,35,36). The third-order valence-electron chi connectivity index (χ3n) is 6.97. The van der Waals surface area contributed by atoms with Gasteiger partial charge < -0.3 is 23.7 Å². The summed E-state index contributed by atoms with van der Waals surface area (Å²) in [5, 5.41) is 11.0. The van der Waals surface area contributed by atoms with Crippen molar-refractivity contribution in [1.29, 1.82) is 0 Å². The number of hydrogen-bond donors (Lipinski definition) is 1. The second kappa shape index (κ2) is 9.80. The van der Waals surface area contributed by atoms with Crippen LogP contribution in [0.2, 0.25) is 0 Å². The fourth-order valence-corrected chi connectivity index (χ4v) is 5.21. The maximum absolute atomic E-state index is 13.9. The van der Waals surface area contributed by atoms with Gasteiger partial charge in [-0.25, -0.2) is 4.79 Å². The number of carboxylic acids is 1. The number of pyridine rings is 1. The Morgan fingerprint density at radius 2 is 1.87 bits per heavy atom. The normalized spacial score (nSPS) is 14.2. The lowest BCUT2D eigenvalue weighted by Crippen LogP contribution is -2.33. The molecule has 2 aromatic carbocycles. The van der Waals surface area contributed by atoms with Crippen molar-refractivity contribution < 1.29 is 19.4 Å². The molecule has 4 aromatic rings. The van der Waals surface area contributed by atoms with E-state index in [0.717, 1.165) is 35.3 Å². The van der Waals surface area contributed by atoms with Gasteiger partial charge in [0.15, 0.2) is 6.10 Å². The van der Waals surface area contributed by atoms with Gasteiger partial charge in [-0.2, -0.15) is 0 Å². The Morgan fingerprint density at radius 1 is 1.13 bits per heavy atom. The molecule has 38 heavy (non-hydrogen) atoms. The van der Waals surface area contributed by atoms with Crippen molar-refractivity contribution in [3.05, 3.63) is 87.5 Å². The highest BCUT2D eigenvalue weighted by molar-refractivity contribution is 5.98. The fourth-order valence-electron chi connectivity index (χ4n) is 5.21. The highest BCUT2D eigenvalue weighted by Crippen LogP contribution is 2.39. The molecule has 0 radical (unpaired) electrons. The monoisotopic (exact) mass is 514 g/mol. The van der Waals surface area contributed by atoms with Gasteiger partial charge in [0, 0.05) is 30.7 Å². The molecule has 7 heteroatoms. The van der Waals surface area contributed by atoms with E-state index < -0.39 is 17.7 Å². The lowest BCUT2D eigenvalue weighted by molar-refractivity contribution is -0.161. The summed E-state index contributed by atoms with van der Waals surface area (Å²) in [5.74, 6) is -0.295. The number of aryl methyl sites for hydroxylation is 2. The first-order valence-corrected chi connectivity index (χ1v) is 13.0. The zero-order valence-corrected chi connectivity index (χ0v) is 22.6. The van der Waals surface area contributed by atoms with Crippen LogP contribution >= 0.6 is 0 Å². The Hall–Kier alpha value is -3.84. The molecule has 1 N–H and O–H groups in total. The van der Waals surface area contributed by atoms with Crippen molar-refractivity contribution >= 4 is 16.9 Å². The minimum atomic E-state index is -1.33. The van der Waals surface area contributed by atoms with E-state index in [-0.39, 0.29) is 5.56 Å². The van der Waals surface area contributed by atoms with E-state index in [1.807, 2.05) is 56.7 Å². The highest BCUT2D eigenvalue weighted by Gasteiger charge is 2.33. The highest BCUT2D eigenvalue weighted by atomic mass is 16.5. The minimum absolute atomic E-state index is 0.263. The van der Waals surface area contributed by atoms with Crippen LogP contribution in [0.4, 0.5) is 0 Å². The van der Waals surface area contributed by atoms with Gasteiger partial charge in [0.1, 0.15) is 11.3 Å². The van der Waals surface area contributed by atoms with Gasteiger partial charge in [-0.3, -0.25) is 4.79 Å². The molecule has 0 amide bonds. The Balaban J connectivity index is 1.78. The predicted molar refractivity (Wildman–Crippen MR) is 148 cm³/mol. The van der Waals surface area contributed by atoms with Crippen LogP contribution < -0.4 is 10.3 Å². The van der Waals surface area contributed by atoms with Crippen molar-refractivity contribution in [2.24, 2.45) is 7.05 Å². The number of fused-ring (bicyclic) bond motifs is 2. The number of aliphatic carboxylic acids is 1. The molecular weight excluding hydrogens is 480 g/mol. The molecule has 0 fully saturated rings. The van der Waals surface area contributed by atoms with Crippen LogP contribution in [0.1, 0.15) is 55.7 Å². The van der Waals surface area contributed by atoms with Gasteiger partial charge in [0.05, 0.1) is 17.9 Å². The average Bonchev–Trinajstić information content (AvgIpc) is 3.28. The van der Waals surface area contributed by atoms with Gasteiger partial charge in [-0.05, 0) is 75.4 Å². The molecule has 0 spiro atoms. The summed E-state index contributed by atoms with van der Waals surface area (Å²) in [6.45, 7) is 8.69. The van der Waals surface area contributed by atoms with Crippen molar-refractivity contribution in [3.63, 3.8) is 0 Å². The number of aromatic nitrogens is 2. The van der Waals surface area contributed by atoms with Crippen LogP contribution in [0.3, 0.4) is 0 Å². The molecule has 5 rings (SSSR count). The number of carbonyl (C=O) groups is 1. The topological polar surface area (TPSA) is 82.7 Å². The van der Waals surface area contributed by atoms with E-state index in [2.05, 4.69) is 30.3 Å². The molecule has 0 bridgehead atoms. The Bertz CT molecular complexity index is 1570. The molecule has 0 saturated carbocycles. The van der Waals surface area contributed by atoms with Crippen LogP contribution in [0, 0.1) is 6.92 Å². The Labute approximate surface area is 222 Å². The van der Waals surface area contributed by atoms with Gasteiger partial charge in [-0.1, -0.05) is 35.9 Å². The molecule has 3 heterocycles. The quantitative estimate of drug-likeness (QED) is 0.361. The molecule has 7 nitrogen and oxygen atoms in total. The molecule has 1 aliphatic rings. The van der Waals surface area contributed by atoms with Gasteiger partial charge in [0.2, 0.25) is 0 Å². The maximum Gasteiger partial charge on any atom is 0.339 e. The molecule has 0 aliphatic carbocycles. The maximum atomic E-state index is 13.9. The molecule has 198 valence electrons. The zero-order chi connectivity index (χ0) is 27.2. The number of hydrogen-bond acceptors (Lipinski definition) is 4. The molecule has 1 unspecified atom stereocenters. The van der Waals surface area contributed by atoms with Crippen LogP contribution in [0.25, 0.3) is 22.0 Å². The number of nitrogens with zero attached hydrogens (tertiary/aromatic N) is 2. The van der Waals surface area contributed by atoms with E-state index in [9.17, 15) is 14.7 Å². The van der Waals surface area contributed by atoms with Gasteiger partial charge >= 0.3 is 5.97 Å². The lowest BCUT2D eigenvalue weighted by Gasteiger charge is -2.28. The van der Waals surface area contributed by atoms with E-state index in [0.29, 0.717) is 35.3 Å². The number of ether oxygens (including phenoxy) is 2. The first kappa shape index (κ1) is 25.8. The number of benzene rings is 2. The van der Waals surface area contributed by atoms with Gasteiger partial charge in [-0.15, -0.1) is 0 Å². The fraction of sp³-hybridized carbons (Fsp3) is 0.355. The van der Waals surface area contributed by atoms with E-state index in [4.69, 9.17) is 9.47 Å². The van der Waals surface area contributed by atoms with Crippen LogP contribution in [0.15, 0.2) is 59.5 Å². The summed E-state index contributed by atoms with van der Waals surface area (Å²) in [5.41, 5.74) is 4.69. The van der Waals surface area contributed by atoms with Crippen LogP contribution in [-0.2, 0) is 29.5 Å². The van der Waals surface area contributed by atoms with Gasteiger partial charge in [0.25, 0.3) is 5.56 Å². The van der Waals surface area contributed by atoms with E-state index in [1.165, 1.54) is 10.1 Å². The number of rotatable bonds is 6. The van der Waals surface area contributed by atoms with Crippen LogP contribution in [0.5, 0.6) is 5.75 Å². The Kier molecular flexibility index (Phi) is 6.65. The Morgan fingerprint density at radius 3 is 2.55 bits per heavy atom. The molecule has 1 aliphatic heterocycles. The third kappa shape index (κ3) is 4.86. The number of carboxylic acid groups (broad SMARTS) is 1. The summed E-state index contributed by atoms with van der Waals surface area (Å²) in [6, 6.07) is 16.1. The first-order chi connectivity index (χ1) is 18.0. The smallest absolute Gasteiger partial charge is 0.339 e. The summed E-state index contributed by atoms with van der Waals surface area (Å²) in [4.78, 5) is 26.5. The molecular formula is C31H34N2O5. The van der Waals surface area contributed by atoms with Crippen molar-refractivity contribution in [3.8, 4) is 16.9 Å². The summed E-state index contributed by atoms with van der Waals surface area (Å²) in [7, 11) is 1.63. The summed E-state index contributed by atoms with van der Waals surface area (Å²) >= 11 is 0. The molecule has 1 atom stereocenters. The minimum Gasteiger partial charge on any atom is -0.493 e. The summed E-state index contributed by atoms with van der Waals surface area (Å²) < 4.78 is 15.3. The molecule has 0 saturated heterocycles. The predicted octanol–water partition coefficient (Wildman–Crippen LogP) is 5.63. The first-order valence-electron chi connectivity index (χ1n) is 13.0. The van der Waals surface area contributed by atoms with E-state index in [1.54, 1.807) is 7.05 Å². The lowest BCUT2D eigenvalue weighted by atomic mass is 9.93. The largest absolute Gasteiger partial charge is 0.493 e. The van der Waals surface area contributed by atoms with Crippen LogP contribution in [-0.4, -0.2) is 32.4 Å². The average molecular weight is 515 g/mol. The zero-order valence-electron chi connectivity index (χ0n) is 22.6. The second-order valence-electron chi connectivity index (χ2n) is 11.0. The molecule has 2 aromatic heterocycles.